The summed E-state index contributed by atoms with van der Waals surface area (Å²) < 4.78 is 53.5. The Bertz CT molecular complexity index is 1920. The van der Waals surface area contributed by atoms with E-state index in [1.54, 1.807) is 32.9 Å². The van der Waals surface area contributed by atoms with Gasteiger partial charge in [-0.1, -0.05) is 30.7 Å². The number of Topliss-reactive ketones (excluding diaryl/α,β-unsaturated/α-hetero) is 1. The normalized spacial score (nSPS) is 25.2. The molecule has 1 aromatic rings. The van der Waals surface area contributed by atoms with Gasteiger partial charge in [-0.05, 0) is 88.8 Å². The lowest BCUT2D eigenvalue weighted by molar-refractivity contribution is -0.159. The van der Waals surface area contributed by atoms with Crippen LogP contribution in [-0.2, 0) is 56.6 Å². The van der Waals surface area contributed by atoms with Crippen molar-refractivity contribution in [2.24, 2.45) is 23.2 Å². The molecule has 0 bridgehead atoms. The Kier molecular flexibility index (Phi) is 11.9. The first kappa shape index (κ1) is 41.2. The van der Waals surface area contributed by atoms with Gasteiger partial charge in [-0.2, -0.15) is 0 Å². The zero-order valence-corrected chi connectivity index (χ0v) is 33.1. The van der Waals surface area contributed by atoms with Crippen LogP contribution < -0.4 is 4.72 Å². The third-order valence-electron chi connectivity index (χ3n) is 11.6. The van der Waals surface area contributed by atoms with Crippen LogP contribution in [0, 0.1) is 29.0 Å². The van der Waals surface area contributed by atoms with Crippen LogP contribution in [0.5, 0.6) is 0 Å². The number of esters is 1. The summed E-state index contributed by atoms with van der Waals surface area (Å²) in [5.41, 5.74) is -1.25. The summed E-state index contributed by atoms with van der Waals surface area (Å²) in [6, 6.07) is 3.36. The summed E-state index contributed by atoms with van der Waals surface area (Å²) in [6.45, 7) is 8.69. The Morgan fingerprint density at radius 2 is 1.82 bits per heavy atom. The molecular formula is C41H52FN3O10S. The Hall–Kier alpha value is -4.40. The van der Waals surface area contributed by atoms with E-state index in [0.29, 0.717) is 29.9 Å². The molecule has 1 aromatic carbocycles. The lowest BCUT2D eigenvalue weighted by atomic mass is 9.85. The van der Waals surface area contributed by atoms with Crippen molar-refractivity contribution in [3.63, 3.8) is 0 Å². The largest absolute Gasteiger partial charge is 0.460 e. The van der Waals surface area contributed by atoms with Crippen LogP contribution >= 0.6 is 0 Å². The highest BCUT2D eigenvalue weighted by Gasteiger charge is 2.61. The number of ketones is 2. The Balaban J connectivity index is 1.22. The second-order valence-corrected chi connectivity index (χ2v) is 19.0. The van der Waals surface area contributed by atoms with Crippen LogP contribution in [0.15, 0.2) is 43.0 Å². The number of hydrogen-bond donors (Lipinski definition) is 1. The third-order valence-corrected chi connectivity index (χ3v) is 13.4. The van der Waals surface area contributed by atoms with Gasteiger partial charge in [0.25, 0.3) is 0 Å². The fraction of sp³-hybridized carbons (Fsp3) is 0.610. The van der Waals surface area contributed by atoms with Crippen molar-refractivity contribution in [2.75, 3.05) is 6.54 Å². The van der Waals surface area contributed by atoms with E-state index in [-0.39, 0.29) is 57.5 Å². The summed E-state index contributed by atoms with van der Waals surface area (Å²) in [5, 5.41) is -0.666. The molecule has 3 aliphatic carbocycles. The molecule has 0 radical (unpaired) electrons. The highest BCUT2D eigenvalue weighted by atomic mass is 32.2. The van der Waals surface area contributed by atoms with Gasteiger partial charge in [-0.25, -0.2) is 17.6 Å². The molecule has 5 atom stereocenters. The molecule has 0 aromatic heterocycles. The monoisotopic (exact) mass is 797 g/mol. The summed E-state index contributed by atoms with van der Waals surface area (Å²) in [4.78, 5) is 84.4. The Morgan fingerprint density at radius 3 is 2.43 bits per heavy atom. The van der Waals surface area contributed by atoms with Crippen molar-refractivity contribution in [3.8, 4) is 0 Å². The second-order valence-electron chi connectivity index (χ2n) is 17.0. The third kappa shape index (κ3) is 9.58. The number of allylic oxidation sites excluding steroid dienone is 3. The number of benzene rings is 1. The number of carbonyl (C=O) groups is 6. The fourth-order valence-corrected chi connectivity index (χ4v) is 9.26. The second kappa shape index (κ2) is 16.2. The molecule has 3 saturated carbocycles. The molecule has 1 N–H and O–H groups in total. The molecule has 56 heavy (non-hydrogen) atoms. The predicted octanol–water partition coefficient (Wildman–Crippen LogP) is 5.06. The number of likely N-dealkylation sites (tertiary alicyclic amines) is 1. The molecule has 304 valence electrons. The van der Waals surface area contributed by atoms with Crippen LogP contribution in [0.1, 0.15) is 103 Å². The van der Waals surface area contributed by atoms with Crippen LogP contribution in [0.3, 0.4) is 0 Å². The summed E-state index contributed by atoms with van der Waals surface area (Å²) in [5.74, 6) is -4.52. The maximum absolute atomic E-state index is 14.5. The van der Waals surface area contributed by atoms with Crippen LogP contribution in [-0.4, -0.2) is 83.2 Å². The number of amides is 3. The maximum atomic E-state index is 14.5. The molecule has 15 heteroatoms. The van der Waals surface area contributed by atoms with E-state index in [2.05, 4.69) is 11.3 Å². The smallest absolute Gasteiger partial charge is 0.410 e. The van der Waals surface area contributed by atoms with Crippen LogP contribution in [0.25, 0.3) is 0 Å². The lowest BCUT2D eigenvalue weighted by Gasteiger charge is -2.29. The Morgan fingerprint density at radius 1 is 1.09 bits per heavy atom. The van der Waals surface area contributed by atoms with Crippen LogP contribution in [0.4, 0.5) is 9.18 Å². The first-order valence-electron chi connectivity index (χ1n) is 19.6. The molecule has 0 unspecified atom stereocenters. The molecule has 6 rings (SSSR count). The number of nitrogens with one attached hydrogen (secondary N) is 1. The quantitative estimate of drug-likeness (QED) is 0.135. The minimum Gasteiger partial charge on any atom is -0.460 e. The van der Waals surface area contributed by atoms with E-state index in [4.69, 9.17) is 9.47 Å². The van der Waals surface area contributed by atoms with Gasteiger partial charge >= 0.3 is 12.1 Å². The summed E-state index contributed by atoms with van der Waals surface area (Å²) in [7, 11) is -3.92. The molecule has 0 spiro atoms. The SMILES string of the molecule is C=C[C@@H]1C[C@]1(CC(=O)[C@@H]1C[C@@H](OC(=O)N2Cc3cccc(F)c3C2)CN1C(=O)[C@H](CCC(=O)/C=C/C1CCC1)CC(=O)OC(C)(C)C)C(=O)NS(=O)(=O)C1CC1. The minimum absolute atomic E-state index is 0.0186. The van der Waals surface area contributed by atoms with Gasteiger partial charge in [0.2, 0.25) is 21.8 Å². The first-order valence-corrected chi connectivity index (χ1v) is 21.1. The van der Waals surface area contributed by atoms with E-state index in [0.717, 1.165) is 19.3 Å². The highest BCUT2D eigenvalue weighted by Crippen LogP contribution is 2.57. The van der Waals surface area contributed by atoms with Crippen molar-refractivity contribution in [1.29, 1.82) is 0 Å². The molecule has 2 heterocycles. The molecule has 4 fully saturated rings. The zero-order chi connectivity index (χ0) is 40.6. The number of sulfonamides is 1. The zero-order valence-electron chi connectivity index (χ0n) is 32.3. The number of fused-ring (bicyclic) bond motifs is 1. The van der Waals surface area contributed by atoms with Crippen molar-refractivity contribution in [1.82, 2.24) is 14.5 Å². The predicted molar refractivity (Wildman–Crippen MR) is 201 cm³/mol. The first-order chi connectivity index (χ1) is 26.4. The lowest BCUT2D eigenvalue weighted by Crippen LogP contribution is -2.46. The summed E-state index contributed by atoms with van der Waals surface area (Å²) >= 11 is 0. The molecule has 13 nitrogen and oxygen atoms in total. The Labute approximate surface area is 327 Å². The number of ether oxygens (including phenoxy) is 2. The van der Waals surface area contributed by atoms with Gasteiger partial charge in [0.15, 0.2) is 11.6 Å². The van der Waals surface area contributed by atoms with Crippen LogP contribution in [0.2, 0.25) is 0 Å². The fourth-order valence-electron chi connectivity index (χ4n) is 7.87. The van der Waals surface area contributed by atoms with Gasteiger partial charge in [0, 0.05) is 37.3 Å². The number of carbonyl (C=O) groups excluding carboxylic acids is 6. The van der Waals surface area contributed by atoms with Crippen molar-refractivity contribution < 1.29 is 51.0 Å². The van der Waals surface area contributed by atoms with E-state index < -0.39 is 92.2 Å². The maximum Gasteiger partial charge on any atom is 0.410 e. The average molecular weight is 798 g/mol. The minimum atomic E-state index is -3.92. The van der Waals surface area contributed by atoms with E-state index in [9.17, 15) is 41.6 Å². The molecule has 2 aliphatic heterocycles. The van der Waals surface area contributed by atoms with Crippen molar-refractivity contribution in [3.05, 3.63) is 60.0 Å². The van der Waals surface area contributed by atoms with Gasteiger partial charge in [0.05, 0.1) is 36.2 Å². The van der Waals surface area contributed by atoms with Crippen molar-refractivity contribution in [2.45, 2.75) is 127 Å². The standard InChI is InChI=1S/C41H52FN3O10S/c1-5-28-20-41(28,38(50)43-56(52,53)31-16-17-31)21-35(47)34-19-30(54-39(51)44-22-27-10-7-11-33(42)32(27)24-44)23-45(34)37(49)26(18-36(48)55-40(2,3)4)13-15-29(46)14-12-25-8-6-9-25/h5,7,10-12,14,25-26,28,30-31,34H,1,6,8-9,13,15-24H2,2-4H3,(H,43,50)/b14-12+/t26-,28-,30-,34+,41-/m1/s1. The highest BCUT2D eigenvalue weighted by molar-refractivity contribution is 7.90. The summed E-state index contributed by atoms with van der Waals surface area (Å²) in [6.07, 6.45) is 6.31. The van der Waals surface area contributed by atoms with Gasteiger partial charge in [0.1, 0.15) is 17.5 Å². The number of nitrogens with zero attached hydrogens (tertiary/aromatic N) is 2. The molecule has 5 aliphatic rings. The van der Waals surface area contributed by atoms with Crippen molar-refractivity contribution >= 4 is 45.5 Å². The molecule has 1 saturated heterocycles. The number of hydrogen-bond acceptors (Lipinski definition) is 10. The van der Waals surface area contributed by atoms with E-state index >= 15 is 0 Å². The number of halogens is 1. The molecule has 3 amide bonds. The van der Waals surface area contributed by atoms with E-state index in [1.165, 1.54) is 28.0 Å². The number of rotatable bonds is 16. The average Bonchev–Trinajstić information content (AvgIpc) is 3.99. The van der Waals surface area contributed by atoms with E-state index in [1.807, 2.05) is 6.08 Å². The van der Waals surface area contributed by atoms with Gasteiger partial charge in [-0.15, -0.1) is 6.58 Å². The van der Waals surface area contributed by atoms with Gasteiger partial charge in [-0.3, -0.25) is 33.6 Å². The van der Waals surface area contributed by atoms with Gasteiger partial charge < -0.3 is 14.4 Å². The molecular weight excluding hydrogens is 746 g/mol. The topological polar surface area (TPSA) is 174 Å².